The Morgan fingerprint density at radius 2 is 1.79 bits per heavy atom. The fraction of sp³-hybridized carbons (Fsp3) is 0.368. The van der Waals surface area contributed by atoms with Gasteiger partial charge in [0.25, 0.3) is 0 Å². The molecule has 1 aromatic carbocycles. The Balaban J connectivity index is 1.79. The van der Waals surface area contributed by atoms with Gasteiger partial charge in [0.1, 0.15) is 0 Å². The lowest BCUT2D eigenvalue weighted by Gasteiger charge is -2.24. The molecular formula is C19H24N4O. The summed E-state index contributed by atoms with van der Waals surface area (Å²) >= 11 is 0. The first-order valence-corrected chi connectivity index (χ1v) is 8.31. The maximum atomic E-state index is 5.67. The number of fused-ring (bicyclic) bond motifs is 1. The molecule has 2 atom stereocenters. The molecule has 0 unspecified atom stereocenters. The van der Waals surface area contributed by atoms with Gasteiger partial charge in [-0.25, -0.2) is 0 Å². The SMILES string of the molecule is CO[C@H](CN[C@@H](c1nnc2ccccn12)C(C)C)c1ccccc1. The topological polar surface area (TPSA) is 51.5 Å². The fourth-order valence-electron chi connectivity index (χ4n) is 2.94. The third-order valence-corrected chi connectivity index (χ3v) is 4.26. The van der Waals surface area contributed by atoms with Gasteiger partial charge in [-0.3, -0.25) is 4.40 Å². The first-order valence-electron chi connectivity index (χ1n) is 8.31. The largest absolute Gasteiger partial charge is 0.375 e. The lowest BCUT2D eigenvalue weighted by molar-refractivity contribution is 0.0969. The first-order chi connectivity index (χ1) is 11.7. The van der Waals surface area contributed by atoms with Crippen LogP contribution in [0.2, 0.25) is 0 Å². The summed E-state index contributed by atoms with van der Waals surface area (Å²) in [7, 11) is 1.75. The number of methoxy groups -OCH3 is 1. The van der Waals surface area contributed by atoms with Crippen molar-refractivity contribution in [2.45, 2.75) is 26.0 Å². The van der Waals surface area contributed by atoms with Crippen molar-refractivity contribution in [3.05, 3.63) is 66.1 Å². The molecule has 3 rings (SSSR count). The summed E-state index contributed by atoms with van der Waals surface area (Å²) < 4.78 is 7.71. The van der Waals surface area contributed by atoms with Crippen molar-refractivity contribution in [2.75, 3.05) is 13.7 Å². The van der Waals surface area contributed by atoms with Crippen LogP contribution >= 0.6 is 0 Å². The second-order valence-corrected chi connectivity index (χ2v) is 6.25. The highest BCUT2D eigenvalue weighted by Crippen LogP contribution is 2.23. The molecule has 24 heavy (non-hydrogen) atoms. The molecule has 0 saturated carbocycles. The molecule has 0 radical (unpaired) electrons. The van der Waals surface area contributed by atoms with E-state index in [9.17, 15) is 0 Å². The van der Waals surface area contributed by atoms with E-state index in [0.717, 1.165) is 11.5 Å². The van der Waals surface area contributed by atoms with Gasteiger partial charge < -0.3 is 10.1 Å². The molecule has 0 saturated heterocycles. The minimum atomic E-state index is 0.00614. The minimum Gasteiger partial charge on any atom is -0.375 e. The second-order valence-electron chi connectivity index (χ2n) is 6.25. The van der Waals surface area contributed by atoms with Crippen LogP contribution in [0.4, 0.5) is 0 Å². The summed E-state index contributed by atoms with van der Waals surface area (Å²) in [6.07, 6.45) is 2.01. The summed E-state index contributed by atoms with van der Waals surface area (Å²) in [5.74, 6) is 1.31. The van der Waals surface area contributed by atoms with Crippen molar-refractivity contribution in [3.63, 3.8) is 0 Å². The van der Waals surface area contributed by atoms with E-state index in [1.54, 1.807) is 7.11 Å². The first kappa shape index (κ1) is 16.6. The van der Waals surface area contributed by atoms with Crippen molar-refractivity contribution in [3.8, 4) is 0 Å². The second kappa shape index (κ2) is 7.55. The van der Waals surface area contributed by atoms with Crippen molar-refractivity contribution >= 4 is 5.65 Å². The van der Waals surface area contributed by atoms with Gasteiger partial charge in [0.05, 0.1) is 12.1 Å². The van der Waals surface area contributed by atoms with E-state index in [1.807, 2.05) is 47.0 Å². The maximum Gasteiger partial charge on any atom is 0.160 e. The van der Waals surface area contributed by atoms with E-state index in [4.69, 9.17) is 4.74 Å². The number of rotatable bonds is 7. The van der Waals surface area contributed by atoms with Gasteiger partial charge in [-0.05, 0) is 23.6 Å². The standard InChI is InChI=1S/C19H24N4O/c1-14(2)18(19-22-21-17-11-7-8-12-23(17)19)20-13-16(24-3)15-9-5-4-6-10-15/h4-12,14,16,18,20H,13H2,1-3H3/t16-,18-/m1/s1. The molecule has 0 bridgehead atoms. The van der Waals surface area contributed by atoms with Crippen LogP contribution < -0.4 is 5.32 Å². The Morgan fingerprint density at radius 1 is 1.04 bits per heavy atom. The zero-order chi connectivity index (χ0) is 16.9. The monoisotopic (exact) mass is 324 g/mol. The van der Waals surface area contributed by atoms with Gasteiger partial charge in [0.15, 0.2) is 11.5 Å². The molecule has 0 spiro atoms. The smallest absolute Gasteiger partial charge is 0.160 e. The summed E-state index contributed by atoms with van der Waals surface area (Å²) in [5.41, 5.74) is 2.03. The molecular weight excluding hydrogens is 300 g/mol. The molecule has 3 aromatic rings. The number of hydrogen-bond donors (Lipinski definition) is 1. The molecule has 1 N–H and O–H groups in total. The number of ether oxygens (including phenoxy) is 1. The molecule has 5 heteroatoms. The zero-order valence-electron chi connectivity index (χ0n) is 14.4. The molecule has 126 valence electrons. The highest BCUT2D eigenvalue weighted by atomic mass is 16.5. The Labute approximate surface area is 142 Å². The van der Waals surface area contributed by atoms with Gasteiger partial charge in [-0.15, -0.1) is 10.2 Å². The van der Waals surface area contributed by atoms with Gasteiger partial charge in [0, 0.05) is 19.9 Å². The number of pyridine rings is 1. The zero-order valence-corrected chi connectivity index (χ0v) is 14.4. The number of nitrogens with zero attached hydrogens (tertiary/aromatic N) is 3. The summed E-state index contributed by atoms with van der Waals surface area (Å²) in [6, 6.07) is 16.3. The van der Waals surface area contributed by atoms with E-state index in [2.05, 4.69) is 41.5 Å². The van der Waals surface area contributed by atoms with Crippen LogP contribution in [-0.4, -0.2) is 28.3 Å². The normalized spacial score (nSPS) is 14.2. The molecule has 5 nitrogen and oxygen atoms in total. The van der Waals surface area contributed by atoms with Gasteiger partial charge in [-0.1, -0.05) is 50.2 Å². The van der Waals surface area contributed by atoms with Gasteiger partial charge in [0.2, 0.25) is 0 Å². The number of benzene rings is 1. The summed E-state index contributed by atoms with van der Waals surface area (Å²) in [6.45, 7) is 5.09. The molecule has 2 heterocycles. The Hall–Kier alpha value is -2.24. The van der Waals surface area contributed by atoms with E-state index in [-0.39, 0.29) is 12.1 Å². The predicted octanol–water partition coefficient (Wildman–Crippen LogP) is 3.40. The number of hydrogen-bond acceptors (Lipinski definition) is 4. The summed E-state index contributed by atoms with van der Waals surface area (Å²) in [4.78, 5) is 0. The summed E-state index contributed by atoms with van der Waals surface area (Å²) in [5, 5.41) is 12.3. The lowest BCUT2D eigenvalue weighted by Crippen LogP contribution is -2.31. The number of aromatic nitrogens is 3. The predicted molar refractivity (Wildman–Crippen MR) is 94.8 cm³/mol. The third-order valence-electron chi connectivity index (χ3n) is 4.26. The average Bonchev–Trinajstić information content (AvgIpc) is 3.03. The molecule has 0 amide bonds. The van der Waals surface area contributed by atoms with E-state index in [1.165, 1.54) is 5.56 Å². The van der Waals surface area contributed by atoms with E-state index in [0.29, 0.717) is 12.5 Å². The van der Waals surface area contributed by atoms with Crippen LogP contribution in [0.1, 0.15) is 37.4 Å². The van der Waals surface area contributed by atoms with Crippen LogP contribution in [0.25, 0.3) is 5.65 Å². The quantitative estimate of drug-likeness (QED) is 0.724. The third kappa shape index (κ3) is 3.47. The van der Waals surface area contributed by atoms with E-state index < -0.39 is 0 Å². The molecule has 0 aliphatic rings. The highest BCUT2D eigenvalue weighted by molar-refractivity contribution is 5.37. The van der Waals surface area contributed by atoms with Crippen LogP contribution in [0.3, 0.4) is 0 Å². The van der Waals surface area contributed by atoms with Crippen molar-refractivity contribution in [1.29, 1.82) is 0 Å². The minimum absolute atomic E-state index is 0.00614. The molecule has 0 fully saturated rings. The maximum absolute atomic E-state index is 5.67. The Bertz CT molecular complexity index is 769. The average molecular weight is 324 g/mol. The molecule has 2 aromatic heterocycles. The van der Waals surface area contributed by atoms with Gasteiger partial charge in [-0.2, -0.15) is 0 Å². The van der Waals surface area contributed by atoms with Crippen molar-refractivity contribution < 1.29 is 4.74 Å². The van der Waals surface area contributed by atoms with Crippen LogP contribution in [0.15, 0.2) is 54.7 Å². The Kier molecular flexibility index (Phi) is 5.23. The van der Waals surface area contributed by atoms with Crippen LogP contribution in [0.5, 0.6) is 0 Å². The van der Waals surface area contributed by atoms with Crippen LogP contribution in [0, 0.1) is 5.92 Å². The fourth-order valence-corrected chi connectivity index (χ4v) is 2.94. The molecule has 0 aliphatic heterocycles. The van der Waals surface area contributed by atoms with Gasteiger partial charge >= 0.3 is 0 Å². The number of nitrogens with one attached hydrogen (secondary N) is 1. The van der Waals surface area contributed by atoms with Crippen molar-refractivity contribution in [2.24, 2.45) is 5.92 Å². The Morgan fingerprint density at radius 3 is 2.50 bits per heavy atom. The highest BCUT2D eigenvalue weighted by Gasteiger charge is 2.22. The molecule has 0 aliphatic carbocycles. The van der Waals surface area contributed by atoms with Crippen LogP contribution in [-0.2, 0) is 4.74 Å². The lowest BCUT2D eigenvalue weighted by atomic mass is 10.0. The van der Waals surface area contributed by atoms with Crippen molar-refractivity contribution in [1.82, 2.24) is 19.9 Å². The van der Waals surface area contributed by atoms with E-state index >= 15 is 0 Å².